The lowest BCUT2D eigenvalue weighted by atomic mass is 9.85. The maximum absolute atomic E-state index is 12.7. The summed E-state index contributed by atoms with van der Waals surface area (Å²) in [5, 5.41) is 6.70. The van der Waals surface area contributed by atoms with Gasteiger partial charge in [0.05, 0.1) is 18.2 Å². The molecule has 1 amide bonds. The number of ether oxygens (including phenoxy) is 2. The molecule has 0 saturated heterocycles. The summed E-state index contributed by atoms with van der Waals surface area (Å²) in [7, 11) is 3.36. The van der Waals surface area contributed by atoms with E-state index in [1.807, 2.05) is 38.2 Å². The van der Waals surface area contributed by atoms with Gasteiger partial charge in [-0.2, -0.15) is 0 Å². The highest BCUT2D eigenvalue weighted by Gasteiger charge is 2.33. The van der Waals surface area contributed by atoms with Crippen LogP contribution in [-0.2, 0) is 19.1 Å². The van der Waals surface area contributed by atoms with Crippen molar-refractivity contribution >= 4 is 34.9 Å². The Bertz CT molecular complexity index is 818. The maximum Gasteiger partial charge on any atom is 0.338 e. The Morgan fingerprint density at radius 3 is 2.52 bits per heavy atom. The Kier molecular flexibility index (Phi) is 6.87. The lowest BCUT2D eigenvalue weighted by Gasteiger charge is -2.35. The van der Waals surface area contributed by atoms with Crippen LogP contribution in [0.25, 0.3) is 0 Å². The second-order valence-corrected chi connectivity index (χ2v) is 7.70. The molecule has 0 unspecified atom stereocenters. The van der Waals surface area contributed by atoms with Gasteiger partial charge in [0, 0.05) is 31.5 Å². The number of hydrogen-bond acceptors (Lipinski definition) is 5. The number of nitrogens with one attached hydrogen (secondary N) is 2. The minimum atomic E-state index is -0.426. The summed E-state index contributed by atoms with van der Waals surface area (Å²) < 4.78 is 10.3. The predicted octanol–water partition coefficient (Wildman–Crippen LogP) is 2.75. The standard InChI is InChI=1S/C21H27N3O4S/c1-13-17(20(26)28-12-11-27-3)18(23-21(29)24(13)2)14-7-9-16(10-8-14)22-19(25)15-5-4-6-15/h7-10,15,18H,4-6,11-12H2,1-3H3,(H,22,25)(H,23,29)/t18-/m1/s1. The maximum atomic E-state index is 12.7. The smallest absolute Gasteiger partial charge is 0.338 e. The molecule has 1 saturated carbocycles. The summed E-state index contributed by atoms with van der Waals surface area (Å²) in [6.07, 6.45) is 3.03. The fraction of sp³-hybridized carbons (Fsp3) is 0.476. The fourth-order valence-corrected chi connectivity index (χ4v) is 3.57. The van der Waals surface area contributed by atoms with Gasteiger partial charge in [-0.3, -0.25) is 4.79 Å². The van der Waals surface area contributed by atoms with Gasteiger partial charge in [-0.15, -0.1) is 0 Å². The van der Waals surface area contributed by atoms with Crippen molar-refractivity contribution in [1.82, 2.24) is 10.2 Å². The first-order valence-corrected chi connectivity index (χ1v) is 10.1. The van der Waals surface area contributed by atoms with Gasteiger partial charge in [0.15, 0.2) is 5.11 Å². The summed E-state index contributed by atoms with van der Waals surface area (Å²) in [4.78, 5) is 26.6. The summed E-state index contributed by atoms with van der Waals surface area (Å²) >= 11 is 5.41. The lowest BCUT2D eigenvalue weighted by Crippen LogP contribution is -2.46. The molecule has 7 nitrogen and oxygen atoms in total. The fourth-order valence-electron chi connectivity index (χ4n) is 3.32. The molecule has 0 spiro atoms. The zero-order valence-corrected chi connectivity index (χ0v) is 17.8. The van der Waals surface area contributed by atoms with Gasteiger partial charge < -0.3 is 25.0 Å². The second kappa shape index (κ2) is 9.37. The van der Waals surface area contributed by atoms with E-state index in [0.29, 0.717) is 17.3 Å². The third-order valence-corrected chi connectivity index (χ3v) is 5.87. The van der Waals surface area contributed by atoms with E-state index in [4.69, 9.17) is 21.7 Å². The van der Waals surface area contributed by atoms with Crippen LogP contribution in [0.3, 0.4) is 0 Å². The molecule has 3 rings (SSSR count). The van der Waals surface area contributed by atoms with Gasteiger partial charge >= 0.3 is 5.97 Å². The van der Waals surface area contributed by atoms with Gasteiger partial charge in [0.2, 0.25) is 5.91 Å². The van der Waals surface area contributed by atoms with Crippen molar-refractivity contribution in [3.8, 4) is 0 Å². The van der Waals surface area contributed by atoms with Gasteiger partial charge in [0.1, 0.15) is 6.61 Å². The van der Waals surface area contributed by atoms with Gasteiger partial charge in [-0.25, -0.2) is 4.79 Å². The first-order chi connectivity index (χ1) is 13.9. The second-order valence-electron chi connectivity index (χ2n) is 7.31. The van der Waals surface area contributed by atoms with Crippen molar-refractivity contribution in [1.29, 1.82) is 0 Å². The Morgan fingerprint density at radius 1 is 1.24 bits per heavy atom. The van der Waals surface area contributed by atoms with E-state index in [2.05, 4.69) is 10.6 Å². The zero-order chi connectivity index (χ0) is 21.0. The molecule has 8 heteroatoms. The highest BCUT2D eigenvalue weighted by Crippen LogP contribution is 2.32. The molecule has 29 heavy (non-hydrogen) atoms. The van der Waals surface area contributed by atoms with Crippen LogP contribution in [0.1, 0.15) is 37.8 Å². The molecule has 1 aliphatic carbocycles. The van der Waals surface area contributed by atoms with E-state index in [0.717, 1.165) is 36.2 Å². The summed E-state index contributed by atoms with van der Waals surface area (Å²) in [5.74, 6) is -0.212. The summed E-state index contributed by atoms with van der Waals surface area (Å²) in [5.41, 5.74) is 2.85. The van der Waals surface area contributed by atoms with Crippen molar-refractivity contribution in [2.45, 2.75) is 32.2 Å². The molecular formula is C21H27N3O4S. The quantitative estimate of drug-likeness (QED) is 0.401. The van der Waals surface area contributed by atoms with Crippen molar-refractivity contribution in [2.24, 2.45) is 5.92 Å². The van der Waals surface area contributed by atoms with Crippen molar-refractivity contribution in [3.63, 3.8) is 0 Å². The molecule has 0 radical (unpaired) electrons. The van der Waals surface area contributed by atoms with Crippen molar-refractivity contribution in [3.05, 3.63) is 41.1 Å². The third-order valence-electron chi connectivity index (χ3n) is 5.48. The van der Waals surface area contributed by atoms with E-state index in [1.54, 1.807) is 12.0 Å². The summed E-state index contributed by atoms with van der Waals surface area (Å²) in [6, 6.07) is 7.04. The van der Waals surface area contributed by atoms with Crippen LogP contribution >= 0.6 is 12.2 Å². The van der Waals surface area contributed by atoms with E-state index in [1.165, 1.54) is 0 Å². The molecule has 2 N–H and O–H groups in total. The summed E-state index contributed by atoms with van der Waals surface area (Å²) in [6.45, 7) is 2.36. The Labute approximate surface area is 176 Å². The van der Waals surface area contributed by atoms with Crippen LogP contribution in [0.4, 0.5) is 5.69 Å². The van der Waals surface area contributed by atoms with E-state index in [9.17, 15) is 9.59 Å². The Hall–Kier alpha value is -2.45. The molecular weight excluding hydrogens is 390 g/mol. The number of nitrogens with zero attached hydrogens (tertiary/aromatic N) is 1. The Balaban J connectivity index is 1.79. The highest BCUT2D eigenvalue weighted by atomic mass is 32.1. The number of allylic oxidation sites excluding steroid dienone is 1. The molecule has 1 fully saturated rings. The molecule has 1 atom stereocenters. The van der Waals surface area contributed by atoms with Crippen LogP contribution in [0.2, 0.25) is 0 Å². The Morgan fingerprint density at radius 2 is 1.93 bits per heavy atom. The minimum Gasteiger partial charge on any atom is -0.460 e. The lowest BCUT2D eigenvalue weighted by molar-refractivity contribution is -0.140. The molecule has 156 valence electrons. The molecule has 1 aromatic rings. The molecule has 1 aliphatic heterocycles. The van der Waals surface area contributed by atoms with Gasteiger partial charge in [-0.1, -0.05) is 18.6 Å². The van der Waals surface area contributed by atoms with Crippen LogP contribution in [0.15, 0.2) is 35.5 Å². The average molecular weight is 418 g/mol. The number of carbonyl (C=O) groups excluding carboxylic acids is 2. The van der Waals surface area contributed by atoms with Crippen LogP contribution < -0.4 is 10.6 Å². The van der Waals surface area contributed by atoms with E-state index >= 15 is 0 Å². The van der Waals surface area contributed by atoms with E-state index in [-0.39, 0.29) is 18.4 Å². The monoisotopic (exact) mass is 417 g/mol. The number of benzene rings is 1. The van der Waals surface area contributed by atoms with E-state index < -0.39 is 12.0 Å². The number of esters is 1. The third kappa shape index (κ3) is 4.76. The predicted molar refractivity (Wildman–Crippen MR) is 114 cm³/mol. The van der Waals surface area contributed by atoms with Crippen LogP contribution in [-0.4, -0.2) is 49.3 Å². The number of amides is 1. The molecule has 0 aromatic heterocycles. The number of rotatable bonds is 7. The number of anilines is 1. The molecule has 2 aliphatic rings. The minimum absolute atomic E-state index is 0.0701. The van der Waals surface area contributed by atoms with Crippen LogP contribution in [0, 0.1) is 5.92 Å². The van der Waals surface area contributed by atoms with Crippen molar-refractivity contribution in [2.75, 3.05) is 32.7 Å². The first-order valence-electron chi connectivity index (χ1n) is 9.74. The number of carbonyl (C=O) groups is 2. The van der Waals surface area contributed by atoms with Crippen molar-refractivity contribution < 1.29 is 19.1 Å². The van der Waals surface area contributed by atoms with Crippen LogP contribution in [0.5, 0.6) is 0 Å². The molecule has 0 bridgehead atoms. The normalized spacial score (nSPS) is 19.5. The molecule has 1 aromatic carbocycles. The SMILES string of the molecule is COCCOC(=O)C1=C(C)N(C)C(=S)N[C@@H]1c1ccc(NC(=O)C2CCC2)cc1. The average Bonchev–Trinajstić information content (AvgIpc) is 2.65. The van der Waals surface area contributed by atoms with Gasteiger partial charge in [-0.05, 0) is 49.7 Å². The number of hydrogen-bond donors (Lipinski definition) is 2. The largest absolute Gasteiger partial charge is 0.460 e. The first kappa shape index (κ1) is 21.3. The molecule has 1 heterocycles. The number of methoxy groups -OCH3 is 1. The topological polar surface area (TPSA) is 79.9 Å². The number of thiocarbonyl (C=S) groups is 1. The zero-order valence-electron chi connectivity index (χ0n) is 17.0. The highest BCUT2D eigenvalue weighted by molar-refractivity contribution is 7.80. The van der Waals surface area contributed by atoms with Gasteiger partial charge in [0.25, 0.3) is 0 Å².